The van der Waals surface area contributed by atoms with E-state index >= 15 is 0 Å². The summed E-state index contributed by atoms with van der Waals surface area (Å²) in [7, 11) is 0. The molecule has 0 aromatic heterocycles. The van der Waals surface area contributed by atoms with E-state index in [-0.39, 0.29) is 24.2 Å². The maximum atomic E-state index is 14.3. The number of carbonyl (C=O) groups excluding carboxylic acids is 2. The number of hydrogen-bond acceptors (Lipinski definition) is 3. The summed E-state index contributed by atoms with van der Waals surface area (Å²) in [6.07, 6.45) is 3.10. The first-order chi connectivity index (χ1) is 13.4. The van der Waals surface area contributed by atoms with Gasteiger partial charge in [0.2, 0.25) is 11.8 Å². The van der Waals surface area contributed by atoms with Crippen molar-refractivity contribution in [2.24, 2.45) is 0 Å². The largest absolute Gasteiger partial charge is 0.370 e. The lowest BCUT2D eigenvalue weighted by Crippen LogP contribution is -2.23. The van der Waals surface area contributed by atoms with Crippen LogP contribution in [0.1, 0.15) is 31.9 Å². The first-order valence-electron chi connectivity index (χ1n) is 9.29. The van der Waals surface area contributed by atoms with Gasteiger partial charge in [0, 0.05) is 38.3 Å². The van der Waals surface area contributed by atoms with E-state index < -0.39 is 0 Å². The molecule has 0 aliphatic heterocycles. The van der Waals surface area contributed by atoms with Gasteiger partial charge in [-0.15, -0.1) is 0 Å². The molecule has 6 heteroatoms. The smallest absolute Gasteiger partial charge is 0.244 e. The van der Waals surface area contributed by atoms with Crippen LogP contribution < -0.4 is 15.5 Å². The van der Waals surface area contributed by atoms with Gasteiger partial charge < -0.3 is 15.5 Å². The molecule has 0 aliphatic rings. The molecule has 0 radical (unpaired) electrons. The van der Waals surface area contributed by atoms with Crippen LogP contribution in [0.5, 0.6) is 0 Å². The Morgan fingerprint density at radius 1 is 1.07 bits per heavy atom. The summed E-state index contributed by atoms with van der Waals surface area (Å²) in [5, 5.41) is 5.43. The first kappa shape index (κ1) is 21.2. The highest BCUT2D eigenvalue weighted by molar-refractivity contribution is 5.92. The molecule has 0 unspecified atom stereocenters. The molecule has 28 heavy (non-hydrogen) atoms. The Kier molecular flexibility index (Phi) is 7.75. The molecule has 2 aromatic rings. The van der Waals surface area contributed by atoms with E-state index in [1.165, 1.54) is 19.1 Å². The summed E-state index contributed by atoms with van der Waals surface area (Å²) in [6.45, 7) is 7.13. The SMILES string of the molecule is CCN(CC)c1ccc(CNC(=O)C=Cc2ccc(NC(C)=O)cc2)cc1F. The third kappa shape index (κ3) is 6.23. The predicted molar refractivity (Wildman–Crippen MR) is 112 cm³/mol. The highest BCUT2D eigenvalue weighted by atomic mass is 19.1. The zero-order chi connectivity index (χ0) is 20.5. The van der Waals surface area contributed by atoms with Crippen molar-refractivity contribution in [2.75, 3.05) is 23.3 Å². The fourth-order valence-corrected chi connectivity index (χ4v) is 2.78. The number of carbonyl (C=O) groups is 2. The zero-order valence-corrected chi connectivity index (χ0v) is 16.5. The number of nitrogens with one attached hydrogen (secondary N) is 2. The lowest BCUT2D eigenvalue weighted by molar-refractivity contribution is -0.116. The lowest BCUT2D eigenvalue weighted by Gasteiger charge is -2.21. The Bertz CT molecular complexity index is 843. The molecule has 0 fully saturated rings. The number of rotatable bonds is 8. The maximum absolute atomic E-state index is 14.3. The minimum absolute atomic E-state index is 0.135. The number of amides is 2. The van der Waals surface area contributed by atoms with Crippen LogP contribution in [0.15, 0.2) is 48.5 Å². The van der Waals surface area contributed by atoms with Gasteiger partial charge in [-0.1, -0.05) is 18.2 Å². The molecule has 0 heterocycles. The van der Waals surface area contributed by atoms with Crippen molar-refractivity contribution < 1.29 is 14.0 Å². The van der Waals surface area contributed by atoms with Gasteiger partial charge in [0.1, 0.15) is 5.82 Å². The van der Waals surface area contributed by atoms with Gasteiger partial charge in [-0.05, 0) is 55.3 Å². The Morgan fingerprint density at radius 2 is 1.75 bits per heavy atom. The summed E-state index contributed by atoms with van der Waals surface area (Å²) >= 11 is 0. The van der Waals surface area contributed by atoms with E-state index in [2.05, 4.69) is 10.6 Å². The summed E-state index contributed by atoms with van der Waals surface area (Å²) in [4.78, 5) is 24.9. The van der Waals surface area contributed by atoms with Crippen LogP contribution in [0.2, 0.25) is 0 Å². The van der Waals surface area contributed by atoms with E-state index in [4.69, 9.17) is 0 Å². The normalized spacial score (nSPS) is 10.7. The van der Waals surface area contributed by atoms with Crippen molar-refractivity contribution in [1.29, 1.82) is 0 Å². The Hall–Kier alpha value is -3.15. The second-order valence-corrected chi connectivity index (χ2v) is 6.31. The molecule has 0 spiro atoms. The van der Waals surface area contributed by atoms with Gasteiger partial charge in [-0.3, -0.25) is 9.59 Å². The van der Waals surface area contributed by atoms with Gasteiger partial charge in [0.25, 0.3) is 0 Å². The molecule has 0 atom stereocenters. The fraction of sp³-hybridized carbons (Fsp3) is 0.273. The third-order valence-corrected chi connectivity index (χ3v) is 4.24. The Morgan fingerprint density at radius 3 is 2.32 bits per heavy atom. The topological polar surface area (TPSA) is 61.4 Å². The fourth-order valence-electron chi connectivity index (χ4n) is 2.78. The molecule has 0 saturated heterocycles. The van der Waals surface area contributed by atoms with Crippen LogP contribution in [-0.4, -0.2) is 24.9 Å². The maximum Gasteiger partial charge on any atom is 0.244 e. The molecular weight excluding hydrogens is 357 g/mol. The molecule has 0 aliphatic carbocycles. The third-order valence-electron chi connectivity index (χ3n) is 4.24. The number of nitrogens with zero attached hydrogens (tertiary/aromatic N) is 1. The molecule has 2 amide bonds. The average molecular weight is 383 g/mol. The molecule has 2 N–H and O–H groups in total. The highest BCUT2D eigenvalue weighted by Gasteiger charge is 2.09. The van der Waals surface area contributed by atoms with E-state index in [1.807, 2.05) is 24.8 Å². The predicted octanol–water partition coefficient (Wildman–Crippen LogP) is 3.96. The molecular formula is C22H26FN3O2. The minimum Gasteiger partial charge on any atom is -0.370 e. The van der Waals surface area contributed by atoms with Crippen LogP contribution in [0, 0.1) is 5.82 Å². The number of hydrogen-bond donors (Lipinski definition) is 2. The monoisotopic (exact) mass is 383 g/mol. The van der Waals surface area contributed by atoms with Crippen molar-refractivity contribution in [3.05, 3.63) is 65.5 Å². The van der Waals surface area contributed by atoms with Crippen molar-refractivity contribution in [3.63, 3.8) is 0 Å². The molecule has 2 aromatic carbocycles. The standard InChI is InChI=1S/C22H26FN3O2/c1-4-26(5-2)21-12-8-18(14-20(21)23)15-24-22(28)13-9-17-6-10-19(11-7-17)25-16(3)27/h6-14H,4-5,15H2,1-3H3,(H,24,28)(H,25,27). The molecule has 2 rings (SSSR count). The van der Waals surface area contributed by atoms with Crippen LogP contribution >= 0.6 is 0 Å². The van der Waals surface area contributed by atoms with Gasteiger partial charge in [-0.2, -0.15) is 0 Å². The van der Waals surface area contributed by atoms with Crippen molar-refractivity contribution in [3.8, 4) is 0 Å². The number of anilines is 2. The Labute approximate surface area is 165 Å². The summed E-state index contributed by atoms with van der Waals surface area (Å²) < 4.78 is 14.3. The highest BCUT2D eigenvalue weighted by Crippen LogP contribution is 2.20. The Balaban J connectivity index is 1.90. The first-order valence-corrected chi connectivity index (χ1v) is 9.29. The average Bonchev–Trinajstić information content (AvgIpc) is 2.67. The number of benzene rings is 2. The van der Waals surface area contributed by atoms with Gasteiger partial charge in [0.05, 0.1) is 5.69 Å². The van der Waals surface area contributed by atoms with E-state index in [0.717, 1.165) is 18.7 Å². The second-order valence-electron chi connectivity index (χ2n) is 6.31. The summed E-state index contributed by atoms with van der Waals surface area (Å²) in [5.41, 5.74) is 2.81. The van der Waals surface area contributed by atoms with E-state index in [9.17, 15) is 14.0 Å². The van der Waals surface area contributed by atoms with Crippen LogP contribution in [0.3, 0.4) is 0 Å². The summed E-state index contributed by atoms with van der Waals surface area (Å²) in [5.74, 6) is -0.686. The van der Waals surface area contributed by atoms with Gasteiger partial charge in [-0.25, -0.2) is 4.39 Å². The van der Waals surface area contributed by atoms with Crippen LogP contribution in [0.25, 0.3) is 6.08 Å². The molecule has 0 bridgehead atoms. The van der Waals surface area contributed by atoms with Crippen molar-refractivity contribution in [1.82, 2.24) is 5.32 Å². The lowest BCUT2D eigenvalue weighted by atomic mass is 10.1. The second kappa shape index (κ2) is 10.3. The van der Waals surface area contributed by atoms with Crippen molar-refractivity contribution in [2.45, 2.75) is 27.3 Å². The van der Waals surface area contributed by atoms with Gasteiger partial charge >= 0.3 is 0 Å². The van der Waals surface area contributed by atoms with Crippen LogP contribution in [-0.2, 0) is 16.1 Å². The van der Waals surface area contributed by atoms with Gasteiger partial charge in [0.15, 0.2) is 0 Å². The zero-order valence-electron chi connectivity index (χ0n) is 16.5. The molecule has 148 valence electrons. The molecule has 0 saturated carbocycles. The summed E-state index contributed by atoms with van der Waals surface area (Å²) in [6, 6.07) is 12.2. The van der Waals surface area contributed by atoms with E-state index in [0.29, 0.717) is 16.9 Å². The van der Waals surface area contributed by atoms with E-state index in [1.54, 1.807) is 36.4 Å². The van der Waals surface area contributed by atoms with Crippen LogP contribution in [0.4, 0.5) is 15.8 Å². The minimum atomic E-state index is -0.287. The number of halogens is 1. The quantitative estimate of drug-likeness (QED) is 0.679. The van der Waals surface area contributed by atoms with Crippen molar-refractivity contribution >= 4 is 29.3 Å². The molecule has 5 nitrogen and oxygen atoms in total.